The maximum atomic E-state index is 10.9. The van der Waals surface area contributed by atoms with Crippen LogP contribution in [0.2, 0.25) is 0 Å². The number of aliphatic carboxylic acids is 2. The van der Waals surface area contributed by atoms with E-state index in [9.17, 15) is 28.8 Å². The fraction of sp³-hybridized carbons (Fsp3) is 0.625. The van der Waals surface area contributed by atoms with Crippen LogP contribution >= 0.6 is 0 Å². The van der Waals surface area contributed by atoms with Crippen LogP contribution in [0.3, 0.4) is 0 Å². The molecule has 0 aromatic heterocycles. The Morgan fingerprint density at radius 3 is 1.18 bits per heavy atom. The first-order chi connectivity index (χ1) is 12.7. The van der Waals surface area contributed by atoms with E-state index in [1.807, 2.05) is 0 Å². The van der Waals surface area contributed by atoms with Crippen LogP contribution in [-0.4, -0.2) is 120 Å². The molecule has 28 heavy (non-hydrogen) atoms. The summed E-state index contributed by atoms with van der Waals surface area (Å²) >= 11 is 0. The van der Waals surface area contributed by atoms with Gasteiger partial charge in [0.05, 0.1) is 13.1 Å². The van der Waals surface area contributed by atoms with Gasteiger partial charge in [-0.05, 0) is 0 Å². The zero-order chi connectivity index (χ0) is 22.6. The van der Waals surface area contributed by atoms with Crippen LogP contribution < -0.4 is 0 Å². The molecule has 4 amide bonds. The van der Waals surface area contributed by atoms with Gasteiger partial charge in [0.15, 0.2) is 0 Å². The van der Waals surface area contributed by atoms with Crippen LogP contribution in [0.15, 0.2) is 0 Å². The fourth-order valence-electron chi connectivity index (χ4n) is 1.45. The third kappa shape index (κ3) is 13.1. The summed E-state index contributed by atoms with van der Waals surface area (Å²) < 4.78 is 0. The average Bonchev–Trinajstić information content (AvgIpc) is 2.53. The number of hydrogen-bond donors (Lipinski definition) is 2. The van der Waals surface area contributed by atoms with Gasteiger partial charge in [0.2, 0.25) is 23.6 Å². The number of carboxylic acids is 2. The molecule has 1 heterocycles. The number of hydrogen-bond acceptors (Lipinski definition) is 6. The maximum Gasteiger partial charge on any atom is 0.323 e. The largest absolute Gasteiger partial charge is 0.480 e. The summed E-state index contributed by atoms with van der Waals surface area (Å²) in [5.41, 5.74) is 0. The topological polar surface area (TPSA) is 156 Å². The van der Waals surface area contributed by atoms with E-state index in [1.54, 1.807) is 14.1 Å². The van der Waals surface area contributed by atoms with Gasteiger partial charge in [0, 0.05) is 42.0 Å². The summed E-state index contributed by atoms with van der Waals surface area (Å²) in [5, 5.41) is 16.3. The highest BCUT2D eigenvalue weighted by atomic mass is 16.4. The molecule has 0 atom stereocenters. The highest BCUT2D eigenvalue weighted by Gasteiger charge is 2.23. The van der Waals surface area contributed by atoms with E-state index in [2.05, 4.69) is 0 Å². The van der Waals surface area contributed by atoms with Gasteiger partial charge in [0.1, 0.15) is 13.1 Å². The molecule has 1 aliphatic rings. The number of nitrogens with zero attached hydrogens (tertiary/aromatic N) is 4. The second-order valence-corrected chi connectivity index (χ2v) is 6.04. The quantitative estimate of drug-likeness (QED) is 0.546. The van der Waals surface area contributed by atoms with E-state index in [-0.39, 0.29) is 49.8 Å². The van der Waals surface area contributed by atoms with E-state index >= 15 is 0 Å². The molecule has 0 spiro atoms. The number of carboxylic acid groups (broad SMARTS) is 2. The van der Waals surface area contributed by atoms with Gasteiger partial charge in [-0.25, -0.2) is 0 Å². The van der Waals surface area contributed by atoms with E-state index in [0.29, 0.717) is 0 Å². The summed E-state index contributed by atoms with van der Waals surface area (Å²) in [6.45, 7) is 2.63. The first-order valence-electron chi connectivity index (χ1n) is 8.03. The first-order valence-corrected chi connectivity index (χ1v) is 8.03. The fourth-order valence-corrected chi connectivity index (χ4v) is 1.45. The van der Waals surface area contributed by atoms with Gasteiger partial charge in [-0.3, -0.25) is 28.8 Å². The van der Waals surface area contributed by atoms with Crippen LogP contribution in [0, 0.1) is 0 Å². The van der Waals surface area contributed by atoms with Gasteiger partial charge in [-0.15, -0.1) is 0 Å². The lowest BCUT2D eigenvalue weighted by atomic mass is 10.3. The van der Waals surface area contributed by atoms with Crippen LogP contribution in [0.5, 0.6) is 0 Å². The molecule has 2 N–H and O–H groups in total. The molecule has 1 fully saturated rings. The summed E-state index contributed by atoms with van der Waals surface area (Å²) in [4.78, 5) is 67.4. The molecule has 0 bridgehead atoms. The number of amides is 4. The van der Waals surface area contributed by atoms with E-state index in [1.165, 1.54) is 37.7 Å². The average molecular weight is 404 g/mol. The zero-order valence-corrected chi connectivity index (χ0v) is 17.0. The zero-order valence-electron chi connectivity index (χ0n) is 17.0. The number of carbonyl (C=O) groups excluding carboxylic acids is 4. The van der Waals surface area contributed by atoms with Crippen molar-refractivity contribution >= 4 is 35.6 Å². The van der Waals surface area contributed by atoms with Gasteiger partial charge in [0.25, 0.3) is 0 Å². The van der Waals surface area contributed by atoms with Crippen LogP contribution in [0.1, 0.15) is 13.8 Å². The molecule has 1 rings (SSSR count). The Kier molecular flexibility index (Phi) is 12.6. The van der Waals surface area contributed by atoms with Crippen molar-refractivity contribution in [3.05, 3.63) is 0 Å². The van der Waals surface area contributed by atoms with Crippen LogP contribution in [0.4, 0.5) is 0 Å². The molecule has 0 aromatic carbocycles. The second kappa shape index (κ2) is 13.1. The predicted molar refractivity (Wildman–Crippen MR) is 97.2 cm³/mol. The van der Waals surface area contributed by atoms with Crippen molar-refractivity contribution in [1.82, 2.24) is 19.6 Å². The Bertz CT molecular complexity index is 555. The smallest absolute Gasteiger partial charge is 0.323 e. The molecule has 12 nitrogen and oxygen atoms in total. The van der Waals surface area contributed by atoms with E-state index in [0.717, 1.165) is 9.80 Å². The minimum atomic E-state index is -0.993. The summed E-state index contributed by atoms with van der Waals surface area (Å²) in [6, 6.07) is 0. The molecule has 0 unspecified atom stereocenters. The number of piperazine rings is 1. The van der Waals surface area contributed by atoms with Crippen molar-refractivity contribution < 1.29 is 39.0 Å². The summed E-state index contributed by atoms with van der Waals surface area (Å²) in [5.74, 6) is -2.46. The Morgan fingerprint density at radius 2 is 1.04 bits per heavy atom. The maximum absolute atomic E-state index is 10.9. The van der Waals surface area contributed by atoms with E-state index in [4.69, 9.17) is 10.2 Å². The second-order valence-electron chi connectivity index (χ2n) is 6.04. The highest BCUT2D eigenvalue weighted by molar-refractivity contribution is 5.92. The Balaban J connectivity index is 0. The van der Waals surface area contributed by atoms with E-state index < -0.39 is 11.9 Å². The van der Waals surface area contributed by atoms with Gasteiger partial charge < -0.3 is 29.8 Å². The van der Waals surface area contributed by atoms with Gasteiger partial charge >= 0.3 is 11.9 Å². The molecule has 0 radical (unpaired) electrons. The van der Waals surface area contributed by atoms with Crippen molar-refractivity contribution in [3.8, 4) is 0 Å². The molecule has 0 aliphatic carbocycles. The number of carbonyl (C=O) groups is 6. The molecular formula is C16H28N4O8. The SMILES string of the molecule is CC(=O)N(C)CC(=O)O.CC(=O)N(C)CC(=O)O.CN1CC(=O)N(C)CC1=O. The normalized spacial score (nSPS) is 12.8. The molecule has 1 aliphatic heterocycles. The minimum absolute atomic E-state index is 0.00194. The van der Waals surface area contributed by atoms with Crippen molar-refractivity contribution in [2.75, 3.05) is 54.4 Å². The van der Waals surface area contributed by atoms with Crippen molar-refractivity contribution in [1.29, 1.82) is 0 Å². The lowest BCUT2D eigenvalue weighted by Crippen LogP contribution is -2.50. The third-order valence-electron chi connectivity index (χ3n) is 3.42. The Morgan fingerprint density at radius 1 is 0.786 bits per heavy atom. The van der Waals surface area contributed by atoms with Crippen LogP contribution in [-0.2, 0) is 28.8 Å². The lowest BCUT2D eigenvalue weighted by Gasteiger charge is -2.28. The van der Waals surface area contributed by atoms with Crippen molar-refractivity contribution in [2.45, 2.75) is 13.8 Å². The van der Waals surface area contributed by atoms with Crippen LogP contribution in [0.25, 0.3) is 0 Å². The molecular weight excluding hydrogens is 376 g/mol. The first kappa shape index (κ1) is 27.0. The van der Waals surface area contributed by atoms with Crippen molar-refractivity contribution in [3.63, 3.8) is 0 Å². The number of rotatable bonds is 4. The Hall–Kier alpha value is -3.18. The van der Waals surface area contributed by atoms with Gasteiger partial charge in [-0.2, -0.15) is 0 Å². The monoisotopic (exact) mass is 404 g/mol. The lowest BCUT2D eigenvalue weighted by molar-refractivity contribution is -0.147. The molecule has 0 saturated carbocycles. The third-order valence-corrected chi connectivity index (χ3v) is 3.42. The highest BCUT2D eigenvalue weighted by Crippen LogP contribution is 1.98. The van der Waals surface area contributed by atoms with Gasteiger partial charge in [-0.1, -0.05) is 0 Å². The summed E-state index contributed by atoms with van der Waals surface area (Å²) in [7, 11) is 6.15. The van der Waals surface area contributed by atoms with Crippen molar-refractivity contribution in [2.24, 2.45) is 0 Å². The molecule has 12 heteroatoms. The molecule has 160 valence electrons. The summed E-state index contributed by atoms with van der Waals surface area (Å²) in [6.07, 6.45) is 0. The number of likely N-dealkylation sites (N-methyl/N-ethyl adjacent to an activating group) is 4. The Labute approximate surface area is 163 Å². The standard InChI is InChI=1S/C6H10N2O2.2C5H9NO3/c1-7-3-6(10)8(2)4-5(7)9;2*1-4(7)6(2)3-5(8)9/h3-4H2,1-2H3;2*3H2,1-2H3,(H,8,9). The minimum Gasteiger partial charge on any atom is -0.480 e. The predicted octanol–water partition coefficient (Wildman–Crippen LogP) is -1.98. The molecule has 0 aromatic rings. The molecule has 1 saturated heterocycles.